The lowest BCUT2D eigenvalue weighted by atomic mass is 9.81. The second-order valence-electron chi connectivity index (χ2n) is 9.98. The number of nitrogens with one attached hydrogen (secondary N) is 2. The number of hydrogen-bond donors (Lipinski definition) is 2. The van der Waals surface area contributed by atoms with Crippen LogP contribution in [0.15, 0.2) is 91.5 Å². The highest BCUT2D eigenvalue weighted by molar-refractivity contribution is 6.05. The molecule has 0 bridgehead atoms. The van der Waals surface area contributed by atoms with E-state index < -0.39 is 41.4 Å². The van der Waals surface area contributed by atoms with Crippen molar-refractivity contribution in [3.05, 3.63) is 119 Å². The molecule has 0 spiro atoms. The third-order valence-corrected chi connectivity index (χ3v) is 7.27. The van der Waals surface area contributed by atoms with Gasteiger partial charge in [0.2, 0.25) is 5.91 Å². The van der Waals surface area contributed by atoms with Crippen molar-refractivity contribution in [2.75, 3.05) is 16.8 Å². The molecule has 1 aromatic heterocycles. The van der Waals surface area contributed by atoms with Gasteiger partial charge >= 0.3 is 6.18 Å². The van der Waals surface area contributed by atoms with Crippen molar-refractivity contribution < 1.29 is 27.6 Å². The van der Waals surface area contributed by atoms with Crippen LogP contribution in [0.4, 0.5) is 24.7 Å². The van der Waals surface area contributed by atoms with E-state index in [4.69, 9.17) is 5.10 Å². The standard InChI is InChI=1S/C32H28F3N5O3/c1-4-25(41)36-23-14-10-11-20(18-23)27-26-19(3)38-40(24-15-7-6-8-16-24)30(26)39(5-2)31(43)28(27)37-29(42)21-12-9-13-22(17-21)32(33,34)35/h4,6-18,27-28H,1,5H2,2-3H3,(H,36,41)(H,37,42)/t27-,28-/m0/s1. The number of carbonyl (C=O) groups excluding carboxylic acids is 3. The molecule has 4 aromatic rings. The molecular weight excluding hydrogens is 559 g/mol. The molecule has 0 unspecified atom stereocenters. The zero-order valence-electron chi connectivity index (χ0n) is 23.4. The minimum Gasteiger partial charge on any atom is -0.339 e. The number of fused-ring (bicyclic) bond motifs is 1. The molecule has 5 rings (SSSR count). The van der Waals surface area contributed by atoms with Gasteiger partial charge in [0.05, 0.1) is 16.9 Å². The van der Waals surface area contributed by atoms with Gasteiger partial charge < -0.3 is 10.6 Å². The van der Waals surface area contributed by atoms with Crippen LogP contribution in [0, 0.1) is 6.92 Å². The Balaban J connectivity index is 1.67. The van der Waals surface area contributed by atoms with E-state index in [0.717, 1.165) is 30.0 Å². The van der Waals surface area contributed by atoms with E-state index in [1.807, 2.05) is 30.3 Å². The van der Waals surface area contributed by atoms with E-state index >= 15 is 0 Å². The zero-order chi connectivity index (χ0) is 30.9. The summed E-state index contributed by atoms with van der Waals surface area (Å²) in [5.41, 5.74) is 1.77. The molecule has 0 fully saturated rings. The van der Waals surface area contributed by atoms with E-state index in [0.29, 0.717) is 28.3 Å². The summed E-state index contributed by atoms with van der Waals surface area (Å²) in [5, 5.41) is 10.2. The van der Waals surface area contributed by atoms with Crippen molar-refractivity contribution in [3.63, 3.8) is 0 Å². The third kappa shape index (κ3) is 5.66. The highest BCUT2D eigenvalue weighted by atomic mass is 19.4. The first kappa shape index (κ1) is 29.3. The Bertz CT molecular complexity index is 1710. The zero-order valence-corrected chi connectivity index (χ0v) is 23.4. The summed E-state index contributed by atoms with van der Waals surface area (Å²) in [7, 11) is 0. The Morgan fingerprint density at radius 3 is 2.42 bits per heavy atom. The van der Waals surface area contributed by atoms with Crippen LogP contribution in [0.5, 0.6) is 0 Å². The summed E-state index contributed by atoms with van der Waals surface area (Å²) < 4.78 is 41.9. The molecule has 11 heteroatoms. The lowest BCUT2D eigenvalue weighted by Crippen LogP contribution is -2.55. The monoisotopic (exact) mass is 587 g/mol. The molecule has 8 nitrogen and oxygen atoms in total. The molecule has 3 aromatic carbocycles. The van der Waals surface area contributed by atoms with E-state index in [9.17, 15) is 27.6 Å². The van der Waals surface area contributed by atoms with Crippen LogP contribution in [0.3, 0.4) is 0 Å². The van der Waals surface area contributed by atoms with E-state index in [-0.39, 0.29) is 12.1 Å². The van der Waals surface area contributed by atoms with Crippen molar-refractivity contribution in [1.82, 2.24) is 15.1 Å². The number of aromatic nitrogens is 2. The van der Waals surface area contributed by atoms with Crippen LogP contribution in [0.2, 0.25) is 0 Å². The second-order valence-corrected chi connectivity index (χ2v) is 9.98. The predicted octanol–water partition coefficient (Wildman–Crippen LogP) is 5.62. The highest BCUT2D eigenvalue weighted by Gasteiger charge is 2.45. The fourth-order valence-corrected chi connectivity index (χ4v) is 5.36. The highest BCUT2D eigenvalue weighted by Crippen LogP contribution is 2.44. The molecule has 0 saturated heterocycles. The Kier molecular flexibility index (Phi) is 7.90. The third-order valence-electron chi connectivity index (χ3n) is 7.27. The molecule has 220 valence electrons. The largest absolute Gasteiger partial charge is 0.416 e. The molecule has 0 saturated carbocycles. The summed E-state index contributed by atoms with van der Waals surface area (Å²) in [6.07, 6.45) is -3.52. The second kappa shape index (κ2) is 11.6. The molecule has 1 aliphatic heterocycles. The molecule has 2 N–H and O–H groups in total. The number of likely N-dealkylation sites (N-methyl/N-ethyl adjacent to an activating group) is 1. The van der Waals surface area contributed by atoms with E-state index in [1.54, 1.807) is 42.8 Å². The molecule has 0 radical (unpaired) electrons. The first-order valence-electron chi connectivity index (χ1n) is 13.5. The number of alkyl halides is 3. The Labute approximate surface area is 245 Å². The Morgan fingerprint density at radius 2 is 1.74 bits per heavy atom. The molecule has 2 atom stereocenters. The quantitative estimate of drug-likeness (QED) is 0.275. The molecule has 0 aliphatic carbocycles. The summed E-state index contributed by atoms with van der Waals surface area (Å²) in [4.78, 5) is 41.2. The van der Waals surface area contributed by atoms with Crippen LogP contribution in [0.1, 0.15) is 45.6 Å². The van der Waals surface area contributed by atoms with Gasteiger partial charge in [0.15, 0.2) is 0 Å². The average Bonchev–Trinajstić information content (AvgIpc) is 3.34. The molecule has 2 heterocycles. The van der Waals surface area contributed by atoms with Crippen LogP contribution in [-0.2, 0) is 15.8 Å². The topological polar surface area (TPSA) is 96.3 Å². The van der Waals surface area contributed by atoms with Gasteiger partial charge in [-0.1, -0.05) is 43.0 Å². The van der Waals surface area contributed by atoms with Gasteiger partial charge in [0.25, 0.3) is 11.8 Å². The predicted molar refractivity (Wildman–Crippen MR) is 156 cm³/mol. The minimum atomic E-state index is -4.65. The van der Waals surface area contributed by atoms with Gasteiger partial charge in [-0.15, -0.1) is 0 Å². The number of halogens is 3. The first-order valence-corrected chi connectivity index (χ1v) is 13.5. The lowest BCUT2D eigenvalue weighted by molar-refractivity contribution is -0.137. The maximum atomic E-state index is 14.2. The average molecular weight is 588 g/mol. The van der Waals surface area contributed by atoms with Gasteiger partial charge in [-0.2, -0.15) is 18.3 Å². The van der Waals surface area contributed by atoms with Crippen LogP contribution in [0.25, 0.3) is 5.69 Å². The first-order chi connectivity index (χ1) is 20.5. The number of para-hydroxylation sites is 1. The SMILES string of the molecule is C=CC(=O)Nc1cccc([C@H]2c3c(C)nn(-c4ccccc4)c3N(CC)C(=O)[C@H]2NC(=O)c2cccc(C(F)(F)F)c2)c1. The number of carbonyl (C=O) groups is 3. The number of amides is 3. The fraction of sp³-hybridized carbons (Fsp3) is 0.188. The van der Waals surface area contributed by atoms with Gasteiger partial charge in [-0.25, -0.2) is 4.68 Å². The maximum absolute atomic E-state index is 14.2. The normalized spacial score (nSPS) is 16.4. The maximum Gasteiger partial charge on any atom is 0.416 e. The van der Waals surface area contributed by atoms with Crippen LogP contribution >= 0.6 is 0 Å². The number of aryl methyl sites for hydroxylation is 1. The van der Waals surface area contributed by atoms with Crippen LogP contribution in [-0.4, -0.2) is 40.1 Å². The van der Waals surface area contributed by atoms with E-state index in [1.165, 1.54) is 11.0 Å². The van der Waals surface area contributed by atoms with Gasteiger partial charge in [-0.05, 0) is 68.0 Å². The molecular formula is C32H28F3N5O3. The minimum absolute atomic E-state index is 0.237. The smallest absolute Gasteiger partial charge is 0.339 e. The van der Waals surface area contributed by atoms with Crippen molar-refractivity contribution in [1.29, 1.82) is 0 Å². The van der Waals surface area contributed by atoms with Gasteiger partial charge in [0.1, 0.15) is 11.9 Å². The number of hydrogen-bond acceptors (Lipinski definition) is 4. The summed E-state index contributed by atoms with van der Waals surface area (Å²) in [6.45, 7) is 7.30. The number of benzene rings is 3. The summed E-state index contributed by atoms with van der Waals surface area (Å²) >= 11 is 0. The fourth-order valence-electron chi connectivity index (χ4n) is 5.36. The Morgan fingerprint density at radius 1 is 1.02 bits per heavy atom. The van der Waals surface area contributed by atoms with Crippen molar-refractivity contribution >= 4 is 29.2 Å². The van der Waals surface area contributed by atoms with Gasteiger partial charge in [0, 0.05) is 29.3 Å². The van der Waals surface area contributed by atoms with Crippen molar-refractivity contribution in [2.24, 2.45) is 0 Å². The number of nitrogens with zero attached hydrogens (tertiary/aromatic N) is 3. The molecule has 43 heavy (non-hydrogen) atoms. The van der Waals surface area contributed by atoms with Gasteiger partial charge in [-0.3, -0.25) is 19.3 Å². The number of anilines is 2. The van der Waals surface area contributed by atoms with Crippen molar-refractivity contribution in [3.8, 4) is 5.69 Å². The molecule has 1 aliphatic rings. The van der Waals surface area contributed by atoms with Crippen molar-refractivity contribution in [2.45, 2.75) is 32.0 Å². The van der Waals surface area contributed by atoms with Crippen LogP contribution < -0.4 is 15.5 Å². The summed E-state index contributed by atoms with van der Waals surface area (Å²) in [5.74, 6) is -2.00. The van der Waals surface area contributed by atoms with E-state index in [2.05, 4.69) is 17.2 Å². The summed E-state index contributed by atoms with van der Waals surface area (Å²) in [6, 6.07) is 18.9. The number of rotatable bonds is 7. The Hall–Kier alpha value is -5.19. The molecule has 3 amide bonds. The lowest BCUT2D eigenvalue weighted by Gasteiger charge is -2.38.